The summed E-state index contributed by atoms with van der Waals surface area (Å²) in [5.41, 5.74) is 2.11. The molecule has 0 fully saturated rings. The molecular weight excluding hydrogens is 512 g/mol. The van der Waals surface area contributed by atoms with E-state index in [1.807, 2.05) is 38.1 Å². The number of rotatable bonds is 6. The number of hydrogen-bond donors (Lipinski definition) is 1. The van der Waals surface area contributed by atoms with E-state index in [1.165, 1.54) is 16.8 Å². The average Bonchev–Trinajstić information content (AvgIpc) is 3.37. The van der Waals surface area contributed by atoms with E-state index in [1.54, 1.807) is 12.1 Å². The van der Waals surface area contributed by atoms with Gasteiger partial charge >= 0.3 is 5.97 Å². The lowest BCUT2D eigenvalue weighted by Crippen LogP contribution is -2.06. The van der Waals surface area contributed by atoms with Crippen LogP contribution in [0, 0.1) is 0 Å². The van der Waals surface area contributed by atoms with Gasteiger partial charge in [0.2, 0.25) is 5.89 Å². The highest BCUT2D eigenvalue weighted by Gasteiger charge is 2.28. The maximum atomic E-state index is 11.9. The molecule has 0 aliphatic carbocycles. The van der Waals surface area contributed by atoms with Crippen LogP contribution in [0.4, 0.5) is 0 Å². The van der Waals surface area contributed by atoms with Gasteiger partial charge in [0.05, 0.1) is 15.1 Å². The van der Waals surface area contributed by atoms with Gasteiger partial charge in [-0.3, -0.25) is 0 Å². The first kappa shape index (κ1) is 22.9. The zero-order chi connectivity index (χ0) is 23.9. The second-order valence-corrected chi connectivity index (χ2v) is 10.5. The fourth-order valence-electron chi connectivity index (χ4n) is 3.36. The van der Waals surface area contributed by atoms with Crippen molar-refractivity contribution in [1.82, 2.24) is 20.0 Å². The molecule has 33 heavy (non-hydrogen) atoms. The van der Waals surface area contributed by atoms with E-state index in [2.05, 4.69) is 31.2 Å². The summed E-state index contributed by atoms with van der Waals surface area (Å²) in [4.78, 5) is 11.9. The molecule has 0 atom stereocenters. The van der Waals surface area contributed by atoms with Gasteiger partial charge in [-0.15, -0.1) is 10.2 Å². The number of carboxylic acid groups (broad SMARTS) is 1. The Kier molecular flexibility index (Phi) is 5.93. The molecule has 0 unspecified atom stereocenters. The van der Waals surface area contributed by atoms with Crippen molar-refractivity contribution >= 4 is 31.7 Å². The van der Waals surface area contributed by atoms with Crippen LogP contribution in [0.2, 0.25) is 0 Å². The molecule has 0 radical (unpaired) electrons. The van der Waals surface area contributed by atoms with Gasteiger partial charge in [-0.25, -0.2) is 17.9 Å². The molecule has 0 amide bonds. The highest BCUT2D eigenvalue weighted by Crippen LogP contribution is 2.36. The summed E-state index contributed by atoms with van der Waals surface area (Å²) < 4.78 is 31.3. The van der Waals surface area contributed by atoms with Crippen LogP contribution >= 0.6 is 15.9 Å². The Morgan fingerprint density at radius 1 is 1.09 bits per heavy atom. The first-order chi connectivity index (χ1) is 15.6. The van der Waals surface area contributed by atoms with Crippen LogP contribution in [0.3, 0.4) is 0 Å². The van der Waals surface area contributed by atoms with Crippen molar-refractivity contribution in [3.05, 3.63) is 64.3 Å². The van der Waals surface area contributed by atoms with Crippen LogP contribution in [0.25, 0.3) is 28.7 Å². The molecule has 1 N–H and O–H groups in total. The van der Waals surface area contributed by atoms with Crippen molar-refractivity contribution in [3.8, 4) is 28.7 Å². The van der Waals surface area contributed by atoms with E-state index in [0.29, 0.717) is 11.3 Å². The van der Waals surface area contributed by atoms with E-state index >= 15 is 0 Å². The topological polar surface area (TPSA) is 128 Å². The molecule has 0 aliphatic heterocycles. The Morgan fingerprint density at radius 2 is 1.79 bits per heavy atom. The maximum absolute atomic E-state index is 11.9. The van der Waals surface area contributed by atoms with E-state index in [4.69, 9.17) is 4.42 Å². The Hall–Kier alpha value is -3.31. The van der Waals surface area contributed by atoms with Crippen LogP contribution in [0.5, 0.6) is 0 Å². The first-order valence-corrected chi connectivity index (χ1v) is 12.5. The van der Waals surface area contributed by atoms with Crippen molar-refractivity contribution < 1.29 is 22.7 Å². The third-order valence-corrected chi connectivity index (χ3v) is 6.82. The zero-order valence-electron chi connectivity index (χ0n) is 17.9. The lowest BCUT2D eigenvalue weighted by Gasteiger charge is -2.13. The summed E-state index contributed by atoms with van der Waals surface area (Å²) in [5.74, 6) is -0.962. The third-order valence-electron chi connectivity index (χ3n) is 4.95. The van der Waals surface area contributed by atoms with Crippen LogP contribution in [0.1, 0.15) is 35.8 Å². The van der Waals surface area contributed by atoms with Crippen molar-refractivity contribution in [2.24, 2.45) is 0 Å². The van der Waals surface area contributed by atoms with Gasteiger partial charge in [0.25, 0.3) is 5.89 Å². The van der Waals surface area contributed by atoms with Crippen LogP contribution in [0.15, 0.2) is 62.3 Å². The molecule has 0 saturated carbocycles. The molecule has 11 heteroatoms. The van der Waals surface area contributed by atoms with Crippen molar-refractivity contribution in [2.75, 3.05) is 6.26 Å². The average molecular weight is 531 g/mol. The fourth-order valence-corrected chi connectivity index (χ4v) is 4.61. The Balaban J connectivity index is 1.90. The smallest absolute Gasteiger partial charge is 0.357 e. The van der Waals surface area contributed by atoms with Crippen molar-refractivity contribution in [2.45, 2.75) is 24.7 Å². The SMILES string of the molecule is CC(C)c1ccccc1-n1nc(C(=O)O)c(Br)c1-c1nnc(-c2cccc(S(C)(=O)=O)c2)o1. The Morgan fingerprint density at radius 3 is 2.45 bits per heavy atom. The number of carboxylic acids is 1. The standard InChI is InChI=1S/C22H19BrN4O5S/c1-12(2)15-9-4-5-10-16(15)27-19(17(23)18(26-27)22(28)29)21-25-24-20(32-21)13-7-6-8-14(11-13)33(3,30)31/h4-12H,1-3H3,(H,28,29). The molecule has 0 spiro atoms. The molecular formula is C22H19BrN4O5S. The molecule has 0 aliphatic rings. The van der Waals surface area contributed by atoms with Gasteiger partial charge in [0.1, 0.15) is 5.69 Å². The molecule has 9 nitrogen and oxygen atoms in total. The lowest BCUT2D eigenvalue weighted by molar-refractivity contribution is 0.0689. The molecule has 4 aromatic rings. The molecule has 0 saturated heterocycles. The summed E-state index contributed by atoms with van der Waals surface area (Å²) >= 11 is 3.33. The molecule has 170 valence electrons. The van der Waals surface area contributed by atoms with E-state index in [0.717, 1.165) is 11.8 Å². The molecule has 2 heterocycles. The van der Waals surface area contributed by atoms with Gasteiger partial charge < -0.3 is 9.52 Å². The predicted octanol–water partition coefficient (Wildman–Crippen LogP) is 4.58. The number of aromatic carboxylic acids is 1. The fraction of sp³-hybridized carbons (Fsp3) is 0.182. The summed E-state index contributed by atoms with van der Waals surface area (Å²) in [6, 6.07) is 13.6. The molecule has 0 bridgehead atoms. The van der Waals surface area contributed by atoms with E-state index in [-0.39, 0.29) is 38.5 Å². The monoisotopic (exact) mass is 530 g/mol. The third kappa shape index (κ3) is 4.33. The van der Waals surface area contributed by atoms with E-state index < -0.39 is 15.8 Å². The van der Waals surface area contributed by atoms with Crippen molar-refractivity contribution in [3.63, 3.8) is 0 Å². The van der Waals surface area contributed by atoms with Gasteiger partial charge in [0, 0.05) is 11.8 Å². The minimum Gasteiger partial charge on any atom is -0.476 e. The van der Waals surface area contributed by atoms with Gasteiger partial charge in [-0.2, -0.15) is 5.10 Å². The van der Waals surface area contributed by atoms with E-state index in [9.17, 15) is 18.3 Å². The van der Waals surface area contributed by atoms with Gasteiger partial charge in [0.15, 0.2) is 15.5 Å². The molecule has 2 aromatic carbocycles. The number of benzene rings is 2. The summed E-state index contributed by atoms with van der Waals surface area (Å²) in [5, 5.41) is 22.1. The Bertz CT molecular complexity index is 1470. The van der Waals surface area contributed by atoms with Gasteiger partial charge in [-0.05, 0) is 51.7 Å². The minimum absolute atomic E-state index is 0.0280. The van der Waals surface area contributed by atoms with Crippen LogP contribution in [-0.2, 0) is 9.84 Å². The van der Waals surface area contributed by atoms with Crippen molar-refractivity contribution in [1.29, 1.82) is 0 Å². The van der Waals surface area contributed by atoms with Crippen LogP contribution in [-0.4, -0.2) is 45.7 Å². The Labute approximate surface area is 198 Å². The quantitative estimate of drug-likeness (QED) is 0.383. The normalized spacial score (nSPS) is 11.8. The summed E-state index contributed by atoms with van der Waals surface area (Å²) in [6.07, 6.45) is 1.11. The number of sulfone groups is 1. The highest BCUT2D eigenvalue weighted by atomic mass is 79.9. The predicted molar refractivity (Wildman–Crippen MR) is 124 cm³/mol. The number of para-hydroxylation sites is 1. The number of nitrogens with zero attached hydrogens (tertiary/aromatic N) is 4. The second kappa shape index (κ2) is 8.56. The maximum Gasteiger partial charge on any atom is 0.357 e. The second-order valence-electron chi connectivity index (χ2n) is 7.65. The van der Waals surface area contributed by atoms with Crippen LogP contribution < -0.4 is 0 Å². The number of hydrogen-bond acceptors (Lipinski definition) is 7. The summed E-state index contributed by atoms with van der Waals surface area (Å²) in [6.45, 7) is 4.05. The number of aromatic nitrogens is 4. The lowest BCUT2D eigenvalue weighted by atomic mass is 10.0. The highest BCUT2D eigenvalue weighted by molar-refractivity contribution is 9.10. The molecule has 4 rings (SSSR count). The first-order valence-electron chi connectivity index (χ1n) is 9.83. The minimum atomic E-state index is -3.42. The zero-order valence-corrected chi connectivity index (χ0v) is 20.3. The number of halogens is 1. The number of carbonyl (C=O) groups is 1. The summed E-state index contributed by atoms with van der Waals surface area (Å²) in [7, 11) is -3.42. The van der Waals surface area contributed by atoms with Gasteiger partial charge in [-0.1, -0.05) is 38.1 Å². The largest absolute Gasteiger partial charge is 0.476 e. The molecule has 2 aromatic heterocycles.